The van der Waals surface area contributed by atoms with E-state index in [2.05, 4.69) is 26.7 Å². The molecule has 0 radical (unpaired) electrons. The van der Waals surface area contributed by atoms with Crippen LogP contribution in [-0.2, 0) is 6.54 Å². The molecular weight excluding hydrogens is 196 g/mol. The molecule has 1 unspecified atom stereocenters. The SMILES string of the molecule is Cc1nnsc1CN1CCNCC1C. The molecule has 1 atom stereocenters. The monoisotopic (exact) mass is 212 g/mol. The molecule has 14 heavy (non-hydrogen) atoms. The molecule has 0 aliphatic carbocycles. The van der Waals surface area contributed by atoms with E-state index < -0.39 is 0 Å². The van der Waals surface area contributed by atoms with E-state index in [1.54, 1.807) is 0 Å². The van der Waals surface area contributed by atoms with Crippen LogP contribution in [0.4, 0.5) is 0 Å². The lowest BCUT2D eigenvalue weighted by Crippen LogP contribution is -2.49. The zero-order chi connectivity index (χ0) is 9.97. The fourth-order valence-corrected chi connectivity index (χ4v) is 2.36. The lowest BCUT2D eigenvalue weighted by molar-refractivity contribution is 0.167. The van der Waals surface area contributed by atoms with E-state index in [1.165, 1.54) is 16.4 Å². The van der Waals surface area contributed by atoms with Gasteiger partial charge in [-0.25, -0.2) is 0 Å². The first-order valence-corrected chi connectivity index (χ1v) is 5.77. The quantitative estimate of drug-likeness (QED) is 0.781. The van der Waals surface area contributed by atoms with Crippen LogP contribution in [0.2, 0.25) is 0 Å². The third-order valence-corrected chi connectivity index (χ3v) is 3.54. The Labute approximate surface area is 88.5 Å². The van der Waals surface area contributed by atoms with Crippen LogP contribution in [0.1, 0.15) is 17.5 Å². The highest BCUT2D eigenvalue weighted by atomic mass is 32.1. The van der Waals surface area contributed by atoms with Gasteiger partial charge in [0.05, 0.1) is 10.6 Å². The van der Waals surface area contributed by atoms with Crippen molar-refractivity contribution in [1.29, 1.82) is 0 Å². The molecule has 0 aromatic carbocycles. The summed E-state index contributed by atoms with van der Waals surface area (Å²) in [6, 6.07) is 0.616. The van der Waals surface area contributed by atoms with Crippen molar-refractivity contribution in [2.45, 2.75) is 26.4 Å². The Kier molecular flexibility index (Phi) is 3.10. The standard InChI is InChI=1S/C9H16N4S/c1-7-5-10-3-4-13(7)6-9-8(2)11-12-14-9/h7,10H,3-6H2,1-2H3. The first-order valence-electron chi connectivity index (χ1n) is 5.00. The van der Waals surface area contributed by atoms with Crippen molar-refractivity contribution in [3.63, 3.8) is 0 Å². The Hall–Kier alpha value is -0.520. The number of aromatic nitrogens is 2. The molecule has 2 heterocycles. The lowest BCUT2D eigenvalue weighted by Gasteiger charge is -2.33. The van der Waals surface area contributed by atoms with Gasteiger partial charge in [0.15, 0.2) is 0 Å². The summed E-state index contributed by atoms with van der Waals surface area (Å²) in [6.45, 7) is 8.60. The average Bonchev–Trinajstić information content (AvgIpc) is 2.56. The number of nitrogens with one attached hydrogen (secondary N) is 1. The zero-order valence-corrected chi connectivity index (χ0v) is 9.47. The van der Waals surface area contributed by atoms with E-state index >= 15 is 0 Å². The van der Waals surface area contributed by atoms with E-state index in [-0.39, 0.29) is 0 Å². The van der Waals surface area contributed by atoms with Gasteiger partial charge in [-0.2, -0.15) is 0 Å². The maximum absolute atomic E-state index is 4.03. The van der Waals surface area contributed by atoms with Crippen LogP contribution in [-0.4, -0.2) is 40.2 Å². The molecule has 0 spiro atoms. The fourth-order valence-electron chi connectivity index (χ4n) is 1.70. The molecule has 1 aliphatic heterocycles. The van der Waals surface area contributed by atoms with Crippen molar-refractivity contribution in [2.24, 2.45) is 0 Å². The maximum atomic E-state index is 4.03. The summed E-state index contributed by atoms with van der Waals surface area (Å²) in [5, 5.41) is 7.42. The van der Waals surface area contributed by atoms with Gasteiger partial charge in [0.25, 0.3) is 0 Å². The van der Waals surface area contributed by atoms with Crippen molar-refractivity contribution in [1.82, 2.24) is 19.8 Å². The second-order valence-corrected chi connectivity index (χ2v) is 4.64. The molecule has 1 aromatic heterocycles. The Morgan fingerprint density at radius 2 is 2.50 bits per heavy atom. The van der Waals surface area contributed by atoms with E-state index in [9.17, 15) is 0 Å². The largest absolute Gasteiger partial charge is 0.314 e. The average molecular weight is 212 g/mol. The number of hydrogen-bond donors (Lipinski definition) is 1. The summed E-state index contributed by atoms with van der Waals surface area (Å²) < 4.78 is 3.96. The second-order valence-electron chi connectivity index (χ2n) is 3.81. The Bertz CT molecular complexity index is 299. The Morgan fingerprint density at radius 3 is 3.14 bits per heavy atom. The van der Waals surface area contributed by atoms with Gasteiger partial charge < -0.3 is 5.32 Å². The number of hydrogen-bond acceptors (Lipinski definition) is 5. The minimum Gasteiger partial charge on any atom is -0.314 e. The zero-order valence-electron chi connectivity index (χ0n) is 8.66. The van der Waals surface area contributed by atoms with E-state index in [4.69, 9.17) is 0 Å². The summed E-state index contributed by atoms with van der Waals surface area (Å²) in [6.07, 6.45) is 0. The number of rotatable bonds is 2. The molecule has 1 aromatic rings. The Morgan fingerprint density at radius 1 is 1.64 bits per heavy atom. The number of piperazine rings is 1. The normalized spacial score (nSPS) is 24.0. The van der Waals surface area contributed by atoms with Crippen LogP contribution in [0.5, 0.6) is 0 Å². The van der Waals surface area contributed by atoms with Gasteiger partial charge in [0.1, 0.15) is 0 Å². The van der Waals surface area contributed by atoms with Gasteiger partial charge in [-0.15, -0.1) is 5.10 Å². The Balaban J connectivity index is 1.99. The summed E-state index contributed by atoms with van der Waals surface area (Å²) >= 11 is 1.52. The van der Waals surface area contributed by atoms with E-state index in [1.807, 2.05) is 6.92 Å². The minimum atomic E-state index is 0.616. The van der Waals surface area contributed by atoms with Crippen LogP contribution < -0.4 is 5.32 Å². The molecule has 0 saturated carbocycles. The summed E-state index contributed by atoms with van der Waals surface area (Å²) in [5.74, 6) is 0. The molecule has 1 aliphatic rings. The highest BCUT2D eigenvalue weighted by molar-refractivity contribution is 7.05. The van der Waals surface area contributed by atoms with Gasteiger partial charge in [0, 0.05) is 32.2 Å². The number of aryl methyl sites for hydroxylation is 1. The predicted octanol–water partition coefficient (Wildman–Crippen LogP) is 0.640. The molecule has 1 fully saturated rings. The molecule has 5 heteroatoms. The lowest BCUT2D eigenvalue weighted by atomic mass is 10.2. The highest BCUT2D eigenvalue weighted by Crippen LogP contribution is 2.15. The van der Waals surface area contributed by atoms with Crippen molar-refractivity contribution in [3.8, 4) is 0 Å². The van der Waals surface area contributed by atoms with Gasteiger partial charge in [-0.1, -0.05) is 4.49 Å². The molecule has 0 bridgehead atoms. The van der Waals surface area contributed by atoms with Crippen molar-refractivity contribution >= 4 is 11.5 Å². The fraction of sp³-hybridized carbons (Fsp3) is 0.778. The van der Waals surface area contributed by atoms with Crippen LogP contribution >= 0.6 is 11.5 Å². The number of nitrogens with zero attached hydrogens (tertiary/aromatic N) is 3. The summed E-state index contributed by atoms with van der Waals surface area (Å²) in [4.78, 5) is 3.79. The summed E-state index contributed by atoms with van der Waals surface area (Å²) in [7, 11) is 0. The molecule has 1 saturated heterocycles. The first-order chi connectivity index (χ1) is 6.77. The van der Waals surface area contributed by atoms with E-state index in [0.717, 1.165) is 31.9 Å². The minimum absolute atomic E-state index is 0.616. The topological polar surface area (TPSA) is 41.1 Å². The molecule has 78 valence electrons. The molecular formula is C9H16N4S. The molecule has 4 nitrogen and oxygen atoms in total. The second kappa shape index (κ2) is 4.33. The smallest absolute Gasteiger partial charge is 0.0769 e. The van der Waals surface area contributed by atoms with Gasteiger partial charge in [0.2, 0.25) is 0 Å². The van der Waals surface area contributed by atoms with Gasteiger partial charge >= 0.3 is 0 Å². The van der Waals surface area contributed by atoms with Crippen LogP contribution in [0.15, 0.2) is 0 Å². The van der Waals surface area contributed by atoms with Gasteiger partial charge in [-0.3, -0.25) is 4.90 Å². The van der Waals surface area contributed by atoms with Crippen LogP contribution in [0.25, 0.3) is 0 Å². The maximum Gasteiger partial charge on any atom is 0.0769 e. The third-order valence-electron chi connectivity index (χ3n) is 2.73. The predicted molar refractivity (Wildman–Crippen MR) is 57.4 cm³/mol. The van der Waals surface area contributed by atoms with Crippen molar-refractivity contribution in [2.75, 3.05) is 19.6 Å². The van der Waals surface area contributed by atoms with E-state index in [0.29, 0.717) is 6.04 Å². The molecule has 2 rings (SSSR count). The van der Waals surface area contributed by atoms with Crippen molar-refractivity contribution in [3.05, 3.63) is 10.6 Å². The van der Waals surface area contributed by atoms with Crippen molar-refractivity contribution < 1.29 is 0 Å². The molecule has 0 amide bonds. The van der Waals surface area contributed by atoms with Gasteiger partial charge in [-0.05, 0) is 25.4 Å². The highest BCUT2D eigenvalue weighted by Gasteiger charge is 2.19. The van der Waals surface area contributed by atoms with Crippen LogP contribution in [0, 0.1) is 6.92 Å². The molecule has 1 N–H and O–H groups in total. The van der Waals surface area contributed by atoms with Crippen LogP contribution in [0.3, 0.4) is 0 Å². The third kappa shape index (κ3) is 2.10. The first kappa shape index (κ1) is 10.0. The summed E-state index contributed by atoms with van der Waals surface area (Å²) in [5.41, 5.74) is 1.08.